The molecule has 0 spiro atoms. The summed E-state index contributed by atoms with van der Waals surface area (Å²) in [5.41, 5.74) is 1.32. The lowest BCUT2D eigenvalue weighted by molar-refractivity contribution is 0.102. The van der Waals surface area contributed by atoms with Gasteiger partial charge >= 0.3 is 0 Å². The van der Waals surface area contributed by atoms with Gasteiger partial charge in [-0.2, -0.15) is 0 Å². The van der Waals surface area contributed by atoms with Gasteiger partial charge in [0.05, 0.1) is 21.7 Å². The van der Waals surface area contributed by atoms with Crippen molar-refractivity contribution in [3.05, 3.63) is 15.6 Å². The van der Waals surface area contributed by atoms with Gasteiger partial charge in [-0.05, 0) is 25.2 Å². The number of thiazole rings is 1. The lowest BCUT2D eigenvalue weighted by atomic mass is 9.77. The molecule has 13 heavy (non-hydrogen) atoms. The molecule has 1 N–H and O–H groups in total. The highest BCUT2D eigenvalue weighted by atomic mass is 32.1. The van der Waals surface area contributed by atoms with E-state index in [2.05, 4.69) is 18.8 Å². The number of nitrogens with zero attached hydrogens (tertiary/aromatic N) is 1. The molecule has 1 aliphatic rings. The predicted molar refractivity (Wildman–Crippen MR) is 53.9 cm³/mol. The second kappa shape index (κ2) is 2.79. The summed E-state index contributed by atoms with van der Waals surface area (Å²) in [5.74, 6) is 0. The summed E-state index contributed by atoms with van der Waals surface area (Å²) in [7, 11) is 0. The summed E-state index contributed by atoms with van der Waals surface area (Å²) in [4.78, 5) is 5.55. The van der Waals surface area contributed by atoms with E-state index in [1.165, 1.54) is 0 Å². The molecule has 1 aromatic heterocycles. The van der Waals surface area contributed by atoms with Crippen molar-refractivity contribution >= 4 is 11.3 Å². The van der Waals surface area contributed by atoms with Gasteiger partial charge in [-0.1, -0.05) is 13.8 Å². The molecule has 0 radical (unpaired) electrons. The van der Waals surface area contributed by atoms with E-state index < -0.39 is 0 Å². The van der Waals surface area contributed by atoms with Gasteiger partial charge in [-0.15, -0.1) is 11.3 Å². The van der Waals surface area contributed by atoms with E-state index >= 15 is 0 Å². The highest BCUT2D eigenvalue weighted by Gasteiger charge is 2.33. The van der Waals surface area contributed by atoms with E-state index in [0.29, 0.717) is 0 Å². The van der Waals surface area contributed by atoms with Crippen LogP contribution in [0.25, 0.3) is 0 Å². The molecule has 1 aliphatic carbocycles. The van der Waals surface area contributed by atoms with Gasteiger partial charge in [-0.3, -0.25) is 0 Å². The van der Waals surface area contributed by atoms with E-state index in [1.54, 1.807) is 11.3 Å². The molecular weight excluding hydrogens is 182 g/mol. The van der Waals surface area contributed by atoms with Gasteiger partial charge in [0.2, 0.25) is 0 Å². The zero-order valence-corrected chi connectivity index (χ0v) is 9.11. The smallest absolute Gasteiger partial charge is 0.0906 e. The van der Waals surface area contributed by atoms with Gasteiger partial charge in [-0.25, -0.2) is 4.98 Å². The van der Waals surface area contributed by atoms with Crippen molar-refractivity contribution in [1.82, 2.24) is 4.98 Å². The molecule has 72 valence electrons. The van der Waals surface area contributed by atoms with Crippen molar-refractivity contribution in [2.45, 2.75) is 39.7 Å². The van der Waals surface area contributed by atoms with Gasteiger partial charge in [0.15, 0.2) is 0 Å². The number of aliphatic hydroxyl groups excluding tert-OH is 1. The predicted octanol–water partition coefficient (Wildman–Crippen LogP) is 2.46. The number of aromatic nitrogens is 1. The maximum Gasteiger partial charge on any atom is 0.0906 e. The Morgan fingerprint density at radius 2 is 2.23 bits per heavy atom. The van der Waals surface area contributed by atoms with E-state index in [1.807, 2.05) is 6.92 Å². The Bertz CT molecular complexity index is 330. The fourth-order valence-corrected chi connectivity index (χ4v) is 2.94. The number of aliphatic hydroxyl groups is 1. The monoisotopic (exact) mass is 197 g/mol. The Morgan fingerprint density at radius 3 is 2.92 bits per heavy atom. The first kappa shape index (κ1) is 9.16. The molecule has 0 saturated heterocycles. The van der Waals surface area contributed by atoms with Gasteiger partial charge in [0.1, 0.15) is 0 Å². The third kappa shape index (κ3) is 1.63. The van der Waals surface area contributed by atoms with E-state index in [0.717, 1.165) is 28.4 Å². The Hall–Kier alpha value is -0.410. The lowest BCUT2D eigenvalue weighted by Crippen LogP contribution is -2.24. The fourth-order valence-electron chi connectivity index (χ4n) is 2.01. The van der Waals surface area contributed by atoms with Gasteiger partial charge < -0.3 is 5.11 Å². The quantitative estimate of drug-likeness (QED) is 0.693. The third-order valence-electron chi connectivity index (χ3n) is 2.53. The van der Waals surface area contributed by atoms with E-state index in [9.17, 15) is 5.11 Å². The molecule has 0 amide bonds. The van der Waals surface area contributed by atoms with Crippen molar-refractivity contribution < 1.29 is 5.11 Å². The second-order valence-corrected chi connectivity index (χ2v) is 5.84. The summed E-state index contributed by atoms with van der Waals surface area (Å²) in [6.45, 7) is 6.38. The largest absolute Gasteiger partial charge is 0.387 e. The van der Waals surface area contributed by atoms with Crippen molar-refractivity contribution in [3.8, 4) is 0 Å². The average Bonchev–Trinajstić information content (AvgIpc) is 2.27. The average molecular weight is 197 g/mol. The molecule has 2 rings (SSSR count). The minimum Gasteiger partial charge on any atom is -0.387 e. The molecule has 0 fully saturated rings. The minimum atomic E-state index is -0.287. The van der Waals surface area contributed by atoms with Crippen LogP contribution in [0.5, 0.6) is 0 Å². The van der Waals surface area contributed by atoms with Crippen molar-refractivity contribution in [2.75, 3.05) is 0 Å². The Labute approximate surface area is 82.6 Å². The molecule has 1 unspecified atom stereocenters. The molecule has 1 aromatic rings. The van der Waals surface area contributed by atoms with Crippen molar-refractivity contribution in [2.24, 2.45) is 5.41 Å². The number of hydrogen-bond acceptors (Lipinski definition) is 3. The minimum absolute atomic E-state index is 0.201. The van der Waals surface area contributed by atoms with Crippen molar-refractivity contribution in [1.29, 1.82) is 0 Å². The molecule has 0 aromatic carbocycles. The van der Waals surface area contributed by atoms with Crippen LogP contribution < -0.4 is 0 Å². The van der Waals surface area contributed by atoms with E-state index in [4.69, 9.17) is 0 Å². The Balaban J connectivity index is 2.42. The number of rotatable bonds is 0. The van der Waals surface area contributed by atoms with Crippen LogP contribution in [0.15, 0.2) is 0 Å². The van der Waals surface area contributed by atoms with E-state index in [-0.39, 0.29) is 11.5 Å². The first-order chi connectivity index (χ1) is 5.98. The Morgan fingerprint density at radius 1 is 1.54 bits per heavy atom. The molecule has 2 nitrogen and oxygen atoms in total. The standard InChI is InChI=1S/C10H15NOS/c1-6-11-7-4-10(2,3)5-8(12)9(7)13-6/h8,12H,4-5H2,1-3H3. The van der Waals surface area contributed by atoms with Gasteiger partial charge in [0, 0.05) is 0 Å². The van der Waals surface area contributed by atoms with Crippen molar-refractivity contribution in [3.63, 3.8) is 0 Å². The summed E-state index contributed by atoms with van der Waals surface area (Å²) in [6.07, 6.45) is 1.58. The summed E-state index contributed by atoms with van der Waals surface area (Å²) >= 11 is 1.64. The zero-order chi connectivity index (χ0) is 9.64. The van der Waals surface area contributed by atoms with Crippen LogP contribution in [0.4, 0.5) is 0 Å². The lowest BCUT2D eigenvalue weighted by Gasteiger charge is -2.31. The first-order valence-corrected chi connectivity index (χ1v) is 5.44. The number of fused-ring (bicyclic) bond motifs is 1. The summed E-state index contributed by atoms with van der Waals surface area (Å²) < 4.78 is 0. The molecule has 1 heterocycles. The molecule has 1 atom stereocenters. The topological polar surface area (TPSA) is 33.1 Å². The highest BCUT2D eigenvalue weighted by Crippen LogP contribution is 2.42. The van der Waals surface area contributed by atoms with Gasteiger partial charge in [0.25, 0.3) is 0 Å². The molecule has 0 saturated carbocycles. The van der Waals surface area contributed by atoms with Crippen LogP contribution in [-0.4, -0.2) is 10.1 Å². The number of hydrogen-bond donors (Lipinski definition) is 1. The van der Waals surface area contributed by atoms with Crippen LogP contribution in [0, 0.1) is 12.3 Å². The molecule has 3 heteroatoms. The highest BCUT2D eigenvalue weighted by molar-refractivity contribution is 7.11. The van der Waals surface area contributed by atoms with Crippen LogP contribution in [0.1, 0.15) is 42.0 Å². The summed E-state index contributed by atoms with van der Waals surface area (Å²) in [5, 5.41) is 11.0. The third-order valence-corrected chi connectivity index (χ3v) is 3.64. The molecule has 0 aliphatic heterocycles. The van der Waals surface area contributed by atoms with Crippen LogP contribution in [0.2, 0.25) is 0 Å². The van der Waals surface area contributed by atoms with Crippen LogP contribution in [0.3, 0.4) is 0 Å². The molecular formula is C10H15NOS. The van der Waals surface area contributed by atoms with Crippen LogP contribution in [-0.2, 0) is 6.42 Å². The maximum atomic E-state index is 9.88. The number of aryl methyl sites for hydroxylation is 1. The first-order valence-electron chi connectivity index (χ1n) is 4.62. The summed E-state index contributed by atoms with van der Waals surface area (Å²) in [6, 6.07) is 0. The maximum absolute atomic E-state index is 9.88. The Kier molecular flexibility index (Phi) is 1.96. The zero-order valence-electron chi connectivity index (χ0n) is 8.29. The fraction of sp³-hybridized carbons (Fsp3) is 0.700. The van der Waals surface area contributed by atoms with Crippen LogP contribution >= 0.6 is 11.3 Å². The molecule has 0 bridgehead atoms. The normalized spacial score (nSPS) is 25.7. The second-order valence-electron chi connectivity index (χ2n) is 4.60. The SMILES string of the molecule is Cc1nc2c(s1)C(O)CC(C)(C)C2.